The molecular weight excluding hydrogens is 280 g/mol. The van der Waals surface area contributed by atoms with E-state index in [0.717, 1.165) is 14.0 Å². The molecule has 0 aromatic rings. The Balaban J connectivity index is -0.0000000280. The fraction of sp³-hybridized carbons (Fsp3) is 0.889. The van der Waals surface area contributed by atoms with Crippen molar-refractivity contribution in [3.63, 3.8) is 0 Å². The normalized spacial score (nSPS) is 6.63. The number of nitro groups is 1. The second-order valence-corrected chi connectivity index (χ2v) is 3.16. The van der Waals surface area contributed by atoms with Gasteiger partial charge in [-0.3, -0.25) is 19.5 Å². The highest BCUT2D eigenvalue weighted by molar-refractivity contribution is 7.85. The maximum Gasteiger partial charge on any atom is 0.300 e. The molecule has 0 atom stereocenters. The van der Waals surface area contributed by atoms with Crippen molar-refractivity contribution in [3.8, 4) is 0 Å². The van der Waals surface area contributed by atoms with Crippen molar-refractivity contribution >= 4 is 16.1 Å². The summed E-state index contributed by atoms with van der Waals surface area (Å²) in [4.78, 5) is 17.3. The Morgan fingerprint density at radius 1 is 1.16 bits per heavy atom. The van der Waals surface area contributed by atoms with Gasteiger partial charge in [0.25, 0.3) is 16.1 Å². The van der Waals surface area contributed by atoms with Gasteiger partial charge in [-0.1, -0.05) is 27.7 Å². The molecule has 0 saturated heterocycles. The number of nitrogens with two attached hydrogens (primary N) is 1. The van der Waals surface area contributed by atoms with Crippen LogP contribution in [0.4, 0.5) is 0 Å². The van der Waals surface area contributed by atoms with E-state index < -0.39 is 21.0 Å². The Morgan fingerprint density at radius 3 is 1.16 bits per heavy atom. The molecule has 0 aliphatic carbocycles. The number of carbonyl (C=O) groups is 1. The Hall–Kier alpha value is -1.26. The van der Waals surface area contributed by atoms with E-state index in [1.807, 2.05) is 27.7 Å². The third-order valence-corrected chi connectivity index (χ3v) is 0. The van der Waals surface area contributed by atoms with Gasteiger partial charge in [0.1, 0.15) is 0 Å². The molecule has 0 radical (unpaired) electrons. The average molecular weight is 308 g/mol. The van der Waals surface area contributed by atoms with Crippen molar-refractivity contribution in [1.82, 2.24) is 0 Å². The summed E-state index contributed by atoms with van der Waals surface area (Å²) < 4.78 is 25.9. The monoisotopic (exact) mass is 308 g/mol. The smallest absolute Gasteiger partial charge is 0.300 e. The Labute approximate surface area is 115 Å². The molecule has 0 fully saturated rings. The molecule has 0 saturated carbocycles. The van der Waals surface area contributed by atoms with Crippen molar-refractivity contribution in [2.24, 2.45) is 5.73 Å². The second kappa shape index (κ2) is 36.0. The molecule has 4 N–H and O–H groups in total. The first kappa shape index (κ1) is 36.1. The zero-order chi connectivity index (χ0) is 17.7. The molecule has 9 nitrogen and oxygen atoms in total. The van der Waals surface area contributed by atoms with Gasteiger partial charge in [-0.15, -0.1) is 0 Å². The molecule has 122 valence electrons. The quantitative estimate of drug-likeness (QED) is 0.340. The molecule has 0 amide bonds. The summed E-state index contributed by atoms with van der Waals surface area (Å²) in [5.41, 5.74) is 4.50. The number of carboxylic acids is 1. The summed E-state index contributed by atoms with van der Waals surface area (Å²) in [6.45, 7) is 9.08. The van der Waals surface area contributed by atoms with Crippen LogP contribution in [-0.4, -0.2) is 49.3 Å². The van der Waals surface area contributed by atoms with Gasteiger partial charge >= 0.3 is 0 Å². The minimum absolute atomic E-state index is 0.500. The lowest BCUT2D eigenvalue weighted by atomic mass is 10.9. The molecule has 0 aromatic carbocycles. The van der Waals surface area contributed by atoms with Crippen LogP contribution < -0.4 is 5.73 Å². The van der Waals surface area contributed by atoms with Gasteiger partial charge in [-0.2, -0.15) is 8.42 Å². The second-order valence-electron chi connectivity index (χ2n) is 1.69. The van der Waals surface area contributed by atoms with Crippen LogP contribution in [0.1, 0.15) is 34.6 Å². The lowest BCUT2D eigenvalue weighted by Gasteiger charge is -1.69. The zero-order valence-corrected chi connectivity index (χ0v) is 13.7. The topological polar surface area (TPSA) is 161 Å². The van der Waals surface area contributed by atoms with Crippen LogP contribution in [-0.2, 0) is 14.9 Å². The van der Waals surface area contributed by atoms with E-state index in [-0.39, 0.29) is 0 Å². The summed E-state index contributed by atoms with van der Waals surface area (Å²) in [7, 11) is -1.28. The molecule has 0 aliphatic heterocycles. The molecule has 0 spiro atoms. The van der Waals surface area contributed by atoms with Crippen molar-refractivity contribution in [2.45, 2.75) is 34.6 Å². The van der Waals surface area contributed by atoms with E-state index in [9.17, 15) is 8.42 Å². The SMILES string of the molecule is CC.CC.CC(=O)O.CN.CS(=O)(=O)O.C[N+](=O)[O-]. The van der Waals surface area contributed by atoms with Gasteiger partial charge in [-0.05, 0) is 7.05 Å². The molecule has 10 heteroatoms. The van der Waals surface area contributed by atoms with Crippen molar-refractivity contribution < 1.29 is 27.8 Å². The molecule has 0 rings (SSSR count). The van der Waals surface area contributed by atoms with Crippen LogP contribution in [0.3, 0.4) is 0 Å². The van der Waals surface area contributed by atoms with E-state index in [4.69, 9.17) is 24.6 Å². The minimum atomic E-state index is -3.67. The first-order chi connectivity index (χ1) is 8.46. The van der Waals surface area contributed by atoms with Crippen LogP contribution in [0.2, 0.25) is 0 Å². The van der Waals surface area contributed by atoms with Crippen LogP contribution in [0.15, 0.2) is 0 Å². The number of aliphatic carboxylic acids is 1. The summed E-state index contributed by atoms with van der Waals surface area (Å²) in [6.07, 6.45) is 0.715. The summed E-state index contributed by atoms with van der Waals surface area (Å²) >= 11 is 0. The third kappa shape index (κ3) is 2290. The fourth-order valence-corrected chi connectivity index (χ4v) is 0. The first-order valence-electron chi connectivity index (χ1n) is 5.24. The predicted octanol–water partition coefficient (Wildman–Crippen LogP) is 1.12. The van der Waals surface area contributed by atoms with E-state index in [0.29, 0.717) is 6.26 Å². The van der Waals surface area contributed by atoms with Gasteiger partial charge in [-0.25, -0.2) is 0 Å². The standard InChI is InChI=1S/C2H4O2.2C2H6.CH3NO2.CH5N.CH4O3S/c1-2(3)4;2*1-2;1-2(3)4;1-2;1-5(2,3)4/h1H3,(H,3,4);2*1-2H3;1H3;2H2,1H3;1H3,(H,2,3,4). The van der Waals surface area contributed by atoms with E-state index in [1.54, 1.807) is 0 Å². The van der Waals surface area contributed by atoms with Crippen LogP contribution in [0.5, 0.6) is 0 Å². The number of hydrogen-bond donors (Lipinski definition) is 3. The van der Waals surface area contributed by atoms with Crippen molar-refractivity contribution in [3.05, 3.63) is 10.1 Å². The van der Waals surface area contributed by atoms with E-state index in [1.165, 1.54) is 7.05 Å². The van der Waals surface area contributed by atoms with Gasteiger partial charge in [0.2, 0.25) is 0 Å². The highest BCUT2D eigenvalue weighted by Gasteiger charge is 1.81. The Kier molecular flexibility index (Phi) is 68.3. The molecule has 0 bridgehead atoms. The highest BCUT2D eigenvalue weighted by Crippen LogP contribution is 1.60. The van der Waals surface area contributed by atoms with Gasteiger partial charge in [0.05, 0.1) is 6.26 Å². The van der Waals surface area contributed by atoms with E-state index >= 15 is 0 Å². The van der Waals surface area contributed by atoms with E-state index in [2.05, 4.69) is 5.73 Å². The zero-order valence-electron chi connectivity index (χ0n) is 12.9. The van der Waals surface area contributed by atoms with Crippen LogP contribution in [0, 0.1) is 10.1 Å². The average Bonchev–Trinajstić information content (AvgIpc) is 2.22. The van der Waals surface area contributed by atoms with Gasteiger partial charge in [0, 0.05) is 11.8 Å². The van der Waals surface area contributed by atoms with Gasteiger partial charge < -0.3 is 10.8 Å². The molecule has 0 aliphatic rings. The highest BCUT2D eigenvalue weighted by atomic mass is 32.2. The predicted molar refractivity (Wildman–Crippen MR) is 76.5 cm³/mol. The molecule has 19 heavy (non-hydrogen) atoms. The minimum Gasteiger partial charge on any atom is -0.481 e. The molecular formula is C9H28N2O7S. The third-order valence-electron chi connectivity index (χ3n) is 0. The molecule has 0 heterocycles. The molecule has 0 aromatic heterocycles. The summed E-state index contributed by atoms with van der Waals surface area (Å²) in [5.74, 6) is -0.833. The van der Waals surface area contributed by atoms with Crippen molar-refractivity contribution in [1.29, 1.82) is 0 Å². The summed E-state index contributed by atoms with van der Waals surface area (Å²) in [6, 6.07) is 0. The number of carboxylic acid groups (broad SMARTS) is 1. The van der Waals surface area contributed by atoms with Crippen LogP contribution >= 0.6 is 0 Å². The first-order valence-corrected chi connectivity index (χ1v) is 7.09. The maximum absolute atomic E-state index is 9.19. The lowest BCUT2D eigenvalue weighted by Crippen LogP contribution is -1.88. The van der Waals surface area contributed by atoms with Gasteiger partial charge in [0.15, 0.2) is 7.05 Å². The largest absolute Gasteiger partial charge is 0.481 e. The Morgan fingerprint density at radius 2 is 1.16 bits per heavy atom. The summed E-state index contributed by atoms with van der Waals surface area (Å²) in [5, 5.41) is 16.2. The van der Waals surface area contributed by atoms with Crippen molar-refractivity contribution in [2.75, 3.05) is 20.4 Å². The number of nitrogens with zero attached hydrogens (tertiary/aromatic N) is 1. The number of hydrogen-bond acceptors (Lipinski definition) is 6. The lowest BCUT2D eigenvalue weighted by molar-refractivity contribution is -0.445. The van der Waals surface area contributed by atoms with Crippen LogP contribution in [0.25, 0.3) is 0 Å². The fourth-order valence-electron chi connectivity index (χ4n) is 0. The number of rotatable bonds is 0. The molecule has 0 unspecified atom stereocenters. The Bertz CT molecular complexity index is 225. The maximum atomic E-state index is 9.19.